The van der Waals surface area contributed by atoms with Gasteiger partial charge >= 0.3 is 0 Å². The molecule has 1 aromatic carbocycles. The second-order valence-corrected chi connectivity index (χ2v) is 14.5. The highest BCUT2D eigenvalue weighted by Crippen LogP contribution is 2.75. The molecule has 0 aliphatic heterocycles. The van der Waals surface area contributed by atoms with Gasteiger partial charge < -0.3 is 0 Å². The van der Waals surface area contributed by atoms with Crippen molar-refractivity contribution in [3.63, 3.8) is 0 Å². The Morgan fingerprint density at radius 3 is 2.21 bits per heavy atom. The molecule has 4 bridgehead atoms. The molecular weight excluding hydrogens is 484 g/mol. The van der Waals surface area contributed by atoms with Crippen molar-refractivity contribution in [1.29, 1.82) is 0 Å². The van der Waals surface area contributed by atoms with Gasteiger partial charge in [0.2, 0.25) is 0 Å². The van der Waals surface area contributed by atoms with E-state index >= 15 is 4.79 Å². The van der Waals surface area contributed by atoms with Crippen LogP contribution in [0.4, 0.5) is 0 Å². The van der Waals surface area contributed by atoms with Crippen LogP contribution in [0, 0.1) is 38.9 Å². The van der Waals surface area contributed by atoms with Crippen LogP contribution < -0.4 is 0 Å². The summed E-state index contributed by atoms with van der Waals surface area (Å²) in [7, 11) is 0. The third-order valence-corrected chi connectivity index (χ3v) is 11.4. The van der Waals surface area contributed by atoms with Crippen LogP contribution in [0.15, 0.2) is 53.6 Å². The number of allylic oxidation sites excluding steroid dienone is 4. The van der Waals surface area contributed by atoms with Gasteiger partial charge in [-0.1, -0.05) is 81.3 Å². The largest absolute Gasteiger partial charge is 0.297 e. The van der Waals surface area contributed by atoms with Gasteiger partial charge in [0.15, 0.2) is 28.5 Å². The minimum Gasteiger partial charge on any atom is -0.297 e. The Balaban J connectivity index is 1.73. The monoisotopic (exact) mass is 528 g/mol. The molecule has 0 amide bonds. The Morgan fingerprint density at radius 2 is 1.56 bits per heavy atom. The summed E-state index contributed by atoms with van der Waals surface area (Å²) >= 11 is 0. The first-order chi connectivity index (χ1) is 18.2. The first-order valence-electron chi connectivity index (χ1n) is 14.7. The van der Waals surface area contributed by atoms with Crippen LogP contribution in [0.25, 0.3) is 0 Å². The third kappa shape index (κ3) is 3.48. The number of benzene rings is 1. The van der Waals surface area contributed by atoms with Gasteiger partial charge in [0.05, 0.1) is 10.8 Å². The average molecular weight is 529 g/mol. The zero-order chi connectivity index (χ0) is 28.6. The Bertz CT molecular complexity index is 1310. The summed E-state index contributed by atoms with van der Waals surface area (Å²) < 4.78 is 0. The Morgan fingerprint density at radius 1 is 0.897 bits per heavy atom. The summed E-state index contributed by atoms with van der Waals surface area (Å²) in [5, 5.41) is 0. The molecule has 6 rings (SSSR count). The molecule has 39 heavy (non-hydrogen) atoms. The lowest BCUT2D eigenvalue weighted by Gasteiger charge is -2.60. The van der Waals surface area contributed by atoms with Crippen LogP contribution >= 0.6 is 0 Å². The van der Waals surface area contributed by atoms with Crippen molar-refractivity contribution in [3.8, 4) is 0 Å². The zero-order valence-corrected chi connectivity index (χ0v) is 24.8. The van der Waals surface area contributed by atoms with Gasteiger partial charge in [0.25, 0.3) is 0 Å². The summed E-state index contributed by atoms with van der Waals surface area (Å²) in [5.41, 5.74) is -2.75. The predicted molar refractivity (Wildman–Crippen MR) is 153 cm³/mol. The first-order valence-corrected chi connectivity index (χ1v) is 14.7. The maximum absolute atomic E-state index is 15.1. The van der Waals surface area contributed by atoms with Crippen molar-refractivity contribution in [2.75, 3.05) is 0 Å². The predicted octanol–water partition coefficient (Wildman–Crippen LogP) is 7.52. The zero-order valence-electron chi connectivity index (χ0n) is 24.8. The van der Waals surface area contributed by atoms with Gasteiger partial charge in [-0.05, 0) is 88.4 Å². The Labute approximate surface area is 233 Å². The van der Waals surface area contributed by atoms with Crippen molar-refractivity contribution in [2.45, 2.75) is 93.4 Å². The Kier molecular flexibility index (Phi) is 6.40. The Hall–Kier alpha value is -2.62. The van der Waals surface area contributed by atoms with Gasteiger partial charge in [-0.25, -0.2) is 0 Å². The van der Waals surface area contributed by atoms with Gasteiger partial charge in [0.1, 0.15) is 0 Å². The number of Topliss-reactive ketones (excluding diaryl/α,β-unsaturated/α-hetero) is 4. The van der Waals surface area contributed by atoms with E-state index in [2.05, 4.69) is 46.8 Å². The molecule has 4 nitrogen and oxygen atoms in total. The van der Waals surface area contributed by atoms with Crippen LogP contribution in [-0.4, -0.2) is 23.1 Å². The SMILES string of the molecule is CC(C)=CCC/C(C)=C\C[C@@]12C[C@H]3C[C@@H]4C(C)(C)CC[C@]4(C1=O)C(=O)[C@@](C(=O)c1ccccc1)(C2=O)C3(C)C. The lowest BCUT2D eigenvalue weighted by Crippen LogP contribution is -2.75. The first kappa shape index (κ1) is 27.9. The van der Waals surface area contributed by atoms with E-state index in [0.717, 1.165) is 24.8 Å². The summed E-state index contributed by atoms with van der Waals surface area (Å²) in [6, 6.07) is 8.82. The third-order valence-electron chi connectivity index (χ3n) is 11.4. The van der Waals surface area contributed by atoms with E-state index in [-0.39, 0.29) is 35.2 Å². The van der Waals surface area contributed by atoms with Crippen molar-refractivity contribution < 1.29 is 19.2 Å². The van der Waals surface area contributed by atoms with Crippen molar-refractivity contribution in [3.05, 3.63) is 59.2 Å². The highest BCUT2D eigenvalue weighted by molar-refractivity contribution is 6.42. The molecule has 5 aliphatic carbocycles. The highest BCUT2D eigenvalue weighted by atomic mass is 16.2. The van der Waals surface area contributed by atoms with Crippen LogP contribution in [0.5, 0.6) is 0 Å². The fraction of sp³-hybridized carbons (Fsp3) is 0.600. The standard InChI is InChI=1S/C35H44O4/c1-22(2)12-11-13-23(3)16-17-33-21-25-20-26-31(4,5)18-19-34(26,28(33)37)30(39)35(29(33)38,32(25,6)7)27(36)24-14-9-8-10-15-24/h8-10,12,14-16,25-26H,11,13,17-21H2,1-7H3/b23-16-/t25-,26-,33-,34+,35-/m1/s1. The molecule has 208 valence electrons. The second kappa shape index (κ2) is 8.94. The molecule has 0 unspecified atom stereocenters. The number of rotatable bonds is 7. The maximum atomic E-state index is 15.1. The van der Waals surface area contributed by atoms with E-state index in [9.17, 15) is 14.4 Å². The van der Waals surface area contributed by atoms with E-state index in [1.165, 1.54) is 5.57 Å². The molecule has 1 aromatic rings. The number of ketones is 4. The van der Waals surface area contributed by atoms with Crippen LogP contribution in [0.1, 0.15) is 104 Å². The molecule has 5 atom stereocenters. The molecule has 0 heterocycles. The number of carbonyl (C=O) groups excluding carboxylic acids is 4. The number of carbonyl (C=O) groups is 4. The summed E-state index contributed by atoms with van der Waals surface area (Å²) in [6.07, 6.45) is 8.63. The normalized spacial score (nSPS) is 36.1. The fourth-order valence-corrected chi connectivity index (χ4v) is 9.06. The number of hydrogen-bond donors (Lipinski definition) is 0. The van der Waals surface area contributed by atoms with Gasteiger partial charge in [-0.15, -0.1) is 0 Å². The van der Waals surface area contributed by atoms with Crippen molar-refractivity contribution in [2.24, 2.45) is 38.9 Å². The van der Waals surface area contributed by atoms with Crippen molar-refractivity contribution in [1.82, 2.24) is 0 Å². The smallest absolute Gasteiger partial charge is 0.184 e. The summed E-state index contributed by atoms with van der Waals surface area (Å²) in [6.45, 7) is 14.5. The summed E-state index contributed by atoms with van der Waals surface area (Å²) in [4.78, 5) is 59.6. The molecule has 0 radical (unpaired) electrons. The molecule has 4 heteroatoms. The minimum absolute atomic E-state index is 0.0816. The van der Waals surface area contributed by atoms with Gasteiger partial charge in [-0.3, -0.25) is 19.2 Å². The topological polar surface area (TPSA) is 68.3 Å². The van der Waals surface area contributed by atoms with E-state index in [1.807, 2.05) is 19.9 Å². The quantitative estimate of drug-likeness (QED) is 0.208. The molecule has 0 aromatic heterocycles. The number of hydrogen-bond acceptors (Lipinski definition) is 4. The highest BCUT2D eigenvalue weighted by Gasteiger charge is 2.85. The average Bonchev–Trinajstić information content (AvgIpc) is 3.06. The lowest BCUT2D eigenvalue weighted by molar-refractivity contribution is -0.181. The van der Waals surface area contributed by atoms with Gasteiger partial charge in [0, 0.05) is 5.56 Å². The summed E-state index contributed by atoms with van der Waals surface area (Å²) in [5.74, 6) is -1.63. The molecule has 5 aliphatic rings. The molecule has 5 fully saturated rings. The van der Waals surface area contributed by atoms with E-state index in [4.69, 9.17) is 0 Å². The second-order valence-electron chi connectivity index (χ2n) is 14.5. The van der Waals surface area contributed by atoms with Crippen molar-refractivity contribution >= 4 is 23.1 Å². The van der Waals surface area contributed by atoms with E-state index in [1.54, 1.807) is 24.3 Å². The lowest BCUT2D eigenvalue weighted by atomic mass is 9.37. The maximum Gasteiger partial charge on any atom is 0.184 e. The fourth-order valence-electron chi connectivity index (χ4n) is 9.06. The van der Waals surface area contributed by atoms with Crippen LogP contribution in [0.2, 0.25) is 0 Å². The van der Waals surface area contributed by atoms with E-state index < -0.39 is 33.2 Å². The molecule has 0 saturated heterocycles. The molecule has 1 spiro atoms. The van der Waals surface area contributed by atoms with Gasteiger partial charge in [-0.2, -0.15) is 0 Å². The molecule has 0 N–H and O–H groups in total. The van der Waals surface area contributed by atoms with E-state index in [0.29, 0.717) is 24.8 Å². The minimum atomic E-state index is -1.84. The van der Waals surface area contributed by atoms with Crippen LogP contribution in [0.3, 0.4) is 0 Å². The van der Waals surface area contributed by atoms with Crippen LogP contribution in [-0.2, 0) is 14.4 Å². The molecular formula is C35H44O4. The molecule has 5 saturated carbocycles.